The maximum atomic E-state index is 14.8. The molecule has 2 amide bonds. The summed E-state index contributed by atoms with van der Waals surface area (Å²) in [4.78, 5) is 32.1. The number of rotatable bonds is 6. The molecule has 0 bridgehead atoms. The second-order valence-corrected chi connectivity index (χ2v) is 8.71. The van der Waals surface area contributed by atoms with E-state index in [2.05, 4.69) is 15.3 Å². The second-order valence-electron chi connectivity index (χ2n) is 8.71. The summed E-state index contributed by atoms with van der Waals surface area (Å²) in [5.41, 5.74) is -0.534. The lowest BCUT2D eigenvalue weighted by Crippen LogP contribution is -2.35. The Morgan fingerprint density at radius 3 is 2.79 bits per heavy atom. The fourth-order valence-electron chi connectivity index (χ4n) is 4.09. The summed E-state index contributed by atoms with van der Waals surface area (Å²) in [6.45, 7) is 0.790. The van der Waals surface area contributed by atoms with Crippen molar-refractivity contribution in [2.24, 2.45) is 4.99 Å². The number of imidazole rings is 1. The molecule has 2 unspecified atom stereocenters. The highest BCUT2D eigenvalue weighted by Crippen LogP contribution is 2.27. The first-order valence-corrected chi connectivity index (χ1v) is 11.0. The first kappa shape index (κ1) is 23.7. The highest BCUT2D eigenvalue weighted by Gasteiger charge is 2.27. The molecule has 2 aromatic carbocycles. The third-order valence-electron chi connectivity index (χ3n) is 5.91. The van der Waals surface area contributed by atoms with Gasteiger partial charge in [-0.05, 0) is 49.6 Å². The number of benzene rings is 2. The van der Waals surface area contributed by atoms with E-state index in [1.807, 2.05) is 0 Å². The zero-order valence-electron chi connectivity index (χ0n) is 18.5. The van der Waals surface area contributed by atoms with Crippen molar-refractivity contribution >= 4 is 22.8 Å². The van der Waals surface area contributed by atoms with Crippen LogP contribution in [0, 0.1) is 0 Å². The summed E-state index contributed by atoms with van der Waals surface area (Å²) in [6, 6.07) is 10.2. The number of piperidine rings is 1. The molecular formula is C24H25F3N4O3. The van der Waals surface area contributed by atoms with Crippen LogP contribution < -0.4 is 10.9 Å². The smallest absolute Gasteiger partial charge is 0.280 e. The van der Waals surface area contributed by atoms with Gasteiger partial charge >= 0.3 is 0 Å². The first-order chi connectivity index (χ1) is 16.2. The van der Waals surface area contributed by atoms with Gasteiger partial charge in [0, 0.05) is 17.7 Å². The number of halogens is 3. The van der Waals surface area contributed by atoms with Gasteiger partial charge in [0.15, 0.2) is 0 Å². The Morgan fingerprint density at radius 2 is 2.09 bits per heavy atom. The quantitative estimate of drug-likeness (QED) is 0.511. The molecule has 3 N–H and O–H groups in total. The summed E-state index contributed by atoms with van der Waals surface area (Å²) in [7, 11) is 0. The predicted octanol–water partition coefficient (Wildman–Crippen LogP) is 3.36. The second kappa shape index (κ2) is 9.46. The monoisotopic (exact) mass is 474 g/mol. The maximum absolute atomic E-state index is 14.8. The van der Waals surface area contributed by atoms with Crippen LogP contribution in [0.1, 0.15) is 53.6 Å². The Hall–Kier alpha value is -3.40. The highest BCUT2D eigenvalue weighted by atomic mass is 19.3. The molecule has 3 aromatic rings. The van der Waals surface area contributed by atoms with Gasteiger partial charge in [-0.1, -0.05) is 18.2 Å². The average molecular weight is 474 g/mol. The van der Waals surface area contributed by atoms with Crippen molar-refractivity contribution in [2.75, 3.05) is 13.2 Å². The summed E-state index contributed by atoms with van der Waals surface area (Å²) in [5, 5.41) is 12.3. The SMILES string of the molecule is CC(F)(CO)Cn1/c(=N/C(=O)c2cccc(C(F)F)c2)[nH]c2cc(C3CCCNC3=O)ccc21. The van der Waals surface area contributed by atoms with E-state index in [4.69, 9.17) is 0 Å². The molecule has 4 rings (SSSR count). The summed E-state index contributed by atoms with van der Waals surface area (Å²) in [5.74, 6) is -1.17. The molecule has 1 aliphatic heterocycles. The van der Waals surface area contributed by atoms with Gasteiger partial charge in [-0.25, -0.2) is 13.2 Å². The highest BCUT2D eigenvalue weighted by molar-refractivity contribution is 5.95. The van der Waals surface area contributed by atoms with Crippen molar-refractivity contribution in [1.82, 2.24) is 14.9 Å². The molecule has 0 radical (unpaired) electrons. The molecule has 0 saturated carbocycles. The van der Waals surface area contributed by atoms with Crippen LogP contribution in [0.5, 0.6) is 0 Å². The molecule has 1 fully saturated rings. The molecule has 7 nitrogen and oxygen atoms in total. The van der Waals surface area contributed by atoms with Crippen LogP contribution in [0.25, 0.3) is 11.0 Å². The normalized spacial score (nSPS) is 18.8. The van der Waals surface area contributed by atoms with E-state index >= 15 is 0 Å². The van der Waals surface area contributed by atoms with Gasteiger partial charge < -0.3 is 20.0 Å². The van der Waals surface area contributed by atoms with E-state index in [0.717, 1.165) is 18.1 Å². The zero-order chi connectivity index (χ0) is 24.5. The third-order valence-corrected chi connectivity index (χ3v) is 5.91. The number of amides is 2. The number of aromatic amines is 1. The molecule has 180 valence electrons. The number of hydrogen-bond acceptors (Lipinski definition) is 3. The first-order valence-electron chi connectivity index (χ1n) is 11.0. The van der Waals surface area contributed by atoms with Gasteiger partial charge in [0.2, 0.25) is 11.5 Å². The molecule has 0 spiro atoms. The van der Waals surface area contributed by atoms with Crippen LogP contribution in [0.2, 0.25) is 0 Å². The lowest BCUT2D eigenvalue weighted by Gasteiger charge is -2.22. The van der Waals surface area contributed by atoms with E-state index < -0.39 is 24.6 Å². The summed E-state index contributed by atoms with van der Waals surface area (Å²) < 4.78 is 42.3. The largest absolute Gasteiger partial charge is 0.393 e. The molecule has 10 heteroatoms. The fraction of sp³-hybridized carbons (Fsp3) is 0.375. The standard InChI is InChI=1S/C24H25F3N4O3/c1-24(27,13-32)12-31-19-8-7-14(17-6-3-9-28-22(17)34)11-18(19)29-23(31)30-21(33)16-5-2-4-15(10-16)20(25)26/h2,4-5,7-8,10-11,17,20,32H,3,6,9,12-13H2,1H3,(H,28,34)(H,29,30,33). The van der Waals surface area contributed by atoms with E-state index in [1.54, 1.807) is 18.2 Å². The van der Waals surface area contributed by atoms with Crippen molar-refractivity contribution in [3.05, 3.63) is 64.8 Å². The van der Waals surface area contributed by atoms with Crippen LogP contribution in [0.4, 0.5) is 13.2 Å². The summed E-state index contributed by atoms with van der Waals surface area (Å²) in [6.07, 6.45) is -1.19. The number of H-pyrrole nitrogens is 1. The van der Waals surface area contributed by atoms with E-state index in [9.17, 15) is 27.9 Å². The number of aliphatic hydroxyl groups excluding tert-OH is 1. The van der Waals surface area contributed by atoms with Gasteiger partial charge in [-0.15, -0.1) is 0 Å². The number of alkyl halides is 3. The lowest BCUT2D eigenvalue weighted by atomic mass is 9.90. The van der Waals surface area contributed by atoms with Crippen LogP contribution in [-0.4, -0.2) is 45.3 Å². The summed E-state index contributed by atoms with van der Waals surface area (Å²) >= 11 is 0. The molecule has 0 aliphatic carbocycles. The number of nitrogens with one attached hydrogen (secondary N) is 2. The van der Waals surface area contributed by atoms with Crippen LogP contribution >= 0.6 is 0 Å². The van der Waals surface area contributed by atoms with Crippen molar-refractivity contribution in [3.63, 3.8) is 0 Å². The number of carbonyl (C=O) groups excluding carboxylic acids is 2. The molecule has 2 atom stereocenters. The molecule has 1 aliphatic rings. The van der Waals surface area contributed by atoms with Gasteiger partial charge in [0.25, 0.3) is 12.3 Å². The molecule has 1 aromatic heterocycles. The minimum atomic E-state index is -2.74. The number of aromatic nitrogens is 2. The molecule has 1 saturated heterocycles. The zero-order valence-corrected chi connectivity index (χ0v) is 18.5. The fourth-order valence-corrected chi connectivity index (χ4v) is 4.09. The van der Waals surface area contributed by atoms with E-state index in [0.29, 0.717) is 24.0 Å². The Bertz CT molecular complexity index is 1300. The molecule has 2 heterocycles. The number of aliphatic hydroxyl groups is 1. The van der Waals surface area contributed by atoms with Crippen molar-refractivity contribution < 1.29 is 27.9 Å². The number of nitrogens with zero attached hydrogens (tertiary/aromatic N) is 2. The van der Waals surface area contributed by atoms with E-state index in [1.165, 1.54) is 29.7 Å². The van der Waals surface area contributed by atoms with Gasteiger partial charge in [-0.2, -0.15) is 4.99 Å². The predicted molar refractivity (Wildman–Crippen MR) is 119 cm³/mol. The minimum absolute atomic E-state index is 0.00465. The molecular weight excluding hydrogens is 449 g/mol. The van der Waals surface area contributed by atoms with E-state index in [-0.39, 0.29) is 35.1 Å². The van der Waals surface area contributed by atoms with Crippen molar-refractivity contribution in [1.29, 1.82) is 0 Å². The Labute approximate surface area is 193 Å². The van der Waals surface area contributed by atoms with Crippen LogP contribution in [0.15, 0.2) is 47.5 Å². The average Bonchev–Trinajstić information content (AvgIpc) is 3.14. The molecule has 34 heavy (non-hydrogen) atoms. The maximum Gasteiger partial charge on any atom is 0.280 e. The van der Waals surface area contributed by atoms with Crippen molar-refractivity contribution in [3.8, 4) is 0 Å². The topological polar surface area (TPSA) is 99.5 Å². The van der Waals surface area contributed by atoms with Gasteiger partial charge in [0.1, 0.15) is 5.67 Å². The Kier molecular flexibility index (Phi) is 6.60. The number of carbonyl (C=O) groups is 2. The third kappa shape index (κ3) is 4.91. The van der Waals surface area contributed by atoms with Gasteiger partial charge in [-0.3, -0.25) is 9.59 Å². The van der Waals surface area contributed by atoms with Crippen LogP contribution in [-0.2, 0) is 11.3 Å². The number of fused-ring (bicyclic) bond motifs is 1. The lowest BCUT2D eigenvalue weighted by molar-refractivity contribution is -0.123. The number of hydrogen-bond donors (Lipinski definition) is 3. The van der Waals surface area contributed by atoms with Gasteiger partial charge in [0.05, 0.1) is 30.1 Å². The Balaban J connectivity index is 1.81. The minimum Gasteiger partial charge on any atom is -0.393 e. The van der Waals surface area contributed by atoms with Crippen LogP contribution in [0.3, 0.4) is 0 Å². The Morgan fingerprint density at radius 1 is 1.29 bits per heavy atom. The van der Waals surface area contributed by atoms with Crippen molar-refractivity contribution in [2.45, 2.75) is 44.3 Å².